The SMILES string of the molecule is COC(=O)C1=C(CSc2nnc(-c3ccco3)o2)N(C2CC2)C(=O)N[C@H]1c1ccccc1. The van der Waals surface area contributed by atoms with Crippen molar-refractivity contribution in [1.29, 1.82) is 0 Å². The minimum Gasteiger partial charge on any atom is -0.466 e. The summed E-state index contributed by atoms with van der Waals surface area (Å²) in [5.41, 5.74) is 1.81. The van der Waals surface area contributed by atoms with Crippen molar-refractivity contribution in [1.82, 2.24) is 20.4 Å². The number of urea groups is 1. The number of aromatic nitrogens is 2. The molecule has 2 aromatic heterocycles. The summed E-state index contributed by atoms with van der Waals surface area (Å²) < 4.78 is 16.1. The Morgan fingerprint density at radius 2 is 2.03 bits per heavy atom. The number of rotatable bonds is 7. The van der Waals surface area contributed by atoms with Crippen LogP contribution in [0.3, 0.4) is 0 Å². The van der Waals surface area contributed by atoms with Crippen LogP contribution in [0, 0.1) is 0 Å². The first-order chi connectivity index (χ1) is 15.7. The Balaban J connectivity index is 1.50. The molecule has 1 atom stereocenters. The molecule has 2 aliphatic rings. The Morgan fingerprint density at radius 3 is 2.72 bits per heavy atom. The second-order valence-electron chi connectivity index (χ2n) is 7.39. The molecular weight excluding hydrogens is 432 g/mol. The zero-order valence-electron chi connectivity index (χ0n) is 17.2. The molecule has 164 valence electrons. The molecule has 9 nitrogen and oxygen atoms in total. The van der Waals surface area contributed by atoms with Crippen LogP contribution < -0.4 is 5.32 Å². The first-order valence-electron chi connectivity index (χ1n) is 10.1. The normalized spacial score (nSPS) is 18.6. The van der Waals surface area contributed by atoms with Crippen molar-refractivity contribution < 1.29 is 23.2 Å². The third-order valence-electron chi connectivity index (χ3n) is 5.30. The van der Waals surface area contributed by atoms with Gasteiger partial charge in [-0.25, -0.2) is 9.59 Å². The molecular formula is C22H20N4O5S. The van der Waals surface area contributed by atoms with E-state index in [9.17, 15) is 9.59 Å². The first kappa shape index (κ1) is 20.4. The number of hydrogen-bond donors (Lipinski definition) is 1. The Labute approximate surface area is 187 Å². The third kappa shape index (κ3) is 3.89. The van der Waals surface area contributed by atoms with Crippen LogP contribution in [0.5, 0.6) is 0 Å². The van der Waals surface area contributed by atoms with Crippen LogP contribution in [0.25, 0.3) is 11.7 Å². The van der Waals surface area contributed by atoms with Crippen LogP contribution in [-0.2, 0) is 9.53 Å². The molecule has 32 heavy (non-hydrogen) atoms. The van der Waals surface area contributed by atoms with Gasteiger partial charge in [0.15, 0.2) is 5.76 Å². The molecule has 0 spiro atoms. The zero-order valence-corrected chi connectivity index (χ0v) is 18.0. The van der Waals surface area contributed by atoms with Crippen LogP contribution >= 0.6 is 11.8 Å². The molecule has 5 rings (SSSR count). The van der Waals surface area contributed by atoms with Gasteiger partial charge in [-0.1, -0.05) is 42.1 Å². The molecule has 0 bridgehead atoms. The highest BCUT2D eigenvalue weighted by Crippen LogP contribution is 2.40. The lowest BCUT2D eigenvalue weighted by Crippen LogP contribution is -2.50. The number of carbonyl (C=O) groups excluding carboxylic acids is 2. The van der Waals surface area contributed by atoms with Crippen LogP contribution in [0.2, 0.25) is 0 Å². The van der Waals surface area contributed by atoms with E-state index in [4.69, 9.17) is 13.6 Å². The van der Waals surface area contributed by atoms with Crippen LogP contribution in [0.1, 0.15) is 24.4 Å². The molecule has 1 aromatic carbocycles. The van der Waals surface area contributed by atoms with E-state index in [2.05, 4.69) is 15.5 Å². The number of thioether (sulfide) groups is 1. The van der Waals surface area contributed by atoms with Crippen molar-refractivity contribution >= 4 is 23.8 Å². The summed E-state index contributed by atoms with van der Waals surface area (Å²) in [7, 11) is 1.34. The highest BCUT2D eigenvalue weighted by molar-refractivity contribution is 7.99. The molecule has 2 amide bonds. The summed E-state index contributed by atoms with van der Waals surface area (Å²) in [6.07, 6.45) is 3.29. The maximum absolute atomic E-state index is 13.1. The van der Waals surface area contributed by atoms with Gasteiger partial charge in [0.2, 0.25) is 0 Å². The highest BCUT2D eigenvalue weighted by Gasteiger charge is 2.44. The molecule has 1 aliphatic carbocycles. The largest absolute Gasteiger partial charge is 0.466 e. The zero-order chi connectivity index (χ0) is 22.1. The number of furan rings is 1. The van der Waals surface area contributed by atoms with Gasteiger partial charge in [-0.05, 0) is 30.5 Å². The number of carbonyl (C=O) groups is 2. The lowest BCUT2D eigenvalue weighted by molar-refractivity contribution is -0.136. The van der Waals surface area contributed by atoms with Gasteiger partial charge in [-0.3, -0.25) is 4.90 Å². The molecule has 0 unspecified atom stereocenters. The lowest BCUT2D eigenvalue weighted by atomic mass is 9.95. The number of amides is 2. The van der Waals surface area contributed by atoms with Gasteiger partial charge in [0.05, 0.1) is 25.0 Å². The maximum atomic E-state index is 13.1. The van der Waals surface area contributed by atoms with E-state index in [1.54, 1.807) is 17.0 Å². The second kappa shape index (κ2) is 8.54. The van der Waals surface area contributed by atoms with Crippen molar-refractivity contribution in [3.63, 3.8) is 0 Å². The monoisotopic (exact) mass is 452 g/mol. The summed E-state index contributed by atoms with van der Waals surface area (Å²) >= 11 is 1.26. The fourth-order valence-corrected chi connectivity index (χ4v) is 4.48. The summed E-state index contributed by atoms with van der Waals surface area (Å²) in [4.78, 5) is 27.6. The fourth-order valence-electron chi connectivity index (χ4n) is 3.69. The Morgan fingerprint density at radius 1 is 1.22 bits per heavy atom. The first-order valence-corrected chi connectivity index (χ1v) is 11.1. The van der Waals surface area contributed by atoms with E-state index in [0.29, 0.717) is 22.3 Å². The Hall–Kier alpha value is -3.53. The fraction of sp³-hybridized carbons (Fsp3) is 0.273. The molecule has 3 heterocycles. The summed E-state index contributed by atoms with van der Waals surface area (Å²) in [6.45, 7) is 0. The van der Waals surface area contributed by atoms with Crippen LogP contribution in [-0.4, -0.2) is 46.0 Å². The predicted molar refractivity (Wildman–Crippen MR) is 114 cm³/mol. The van der Waals surface area contributed by atoms with Gasteiger partial charge in [-0.15, -0.1) is 10.2 Å². The van der Waals surface area contributed by atoms with E-state index in [0.717, 1.165) is 18.4 Å². The van der Waals surface area contributed by atoms with Gasteiger partial charge in [0.1, 0.15) is 0 Å². The van der Waals surface area contributed by atoms with E-state index >= 15 is 0 Å². The molecule has 3 aromatic rings. The molecule has 0 saturated heterocycles. The van der Waals surface area contributed by atoms with E-state index < -0.39 is 12.0 Å². The molecule has 1 saturated carbocycles. The number of hydrogen-bond acceptors (Lipinski definition) is 8. The predicted octanol–water partition coefficient (Wildman–Crippen LogP) is 3.78. The lowest BCUT2D eigenvalue weighted by Gasteiger charge is -2.36. The van der Waals surface area contributed by atoms with Gasteiger partial charge in [0, 0.05) is 17.5 Å². The van der Waals surface area contributed by atoms with Crippen molar-refractivity contribution in [3.8, 4) is 11.7 Å². The number of esters is 1. The Kier molecular flexibility index (Phi) is 5.44. The number of nitrogens with zero attached hydrogens (tertiary/aromatic N) is 3. The maximum Gasteiger partial charge on any atom is 0.338 e. The molecule has 10 heteroatoms. The minimum atomic E-state index is -0.608. The average molecular weight is 452 g/mol. The van der Waals surface area contributed by atoms with Gasteiger partial charge in [-0.2, -0.15) is 0 Å². The van der Waals surface area contributed by atoms with E-state index in [-0.39, 0.29) is 23.7 Å². The number of nitrogens with one attached hydrogen (secondary N) is 1. The van der Waals surface area contributed by atoms with Gasteiger partial charge >= 0.3 is 12.0 Å². The quantitative estimate of drug-likeness (QED) is 0.426. The Bertz CT molecular complexity index is 1150. The van der Waals surface area contributed by atoms with E-state index in [1.165, 1.54) is 25.1 Å². The summed E-state index contributed by atoms with van der Waals surface area (Å²) in [6, 6.07) is 12.0. The van der Waals surface area contributed by atoms with E-state index in [1.807, 2.05) is 30.3 Å². The molecule has 0 radical (unpaired) electrons. The van der Waals surface area contributed by atoms with Crippen LogP contribution in [0.15, 0.2) is 74.1 Å². The second-order valence-corrected chi connectivity index (χ2v) is 8.31. The van der Waals surface area contributed by atoms with Gasteiger partial charge < -0.3 is 18.9 Å². The third-order valence-corrected chi connectivity index (χ3v) is 6.13. The van der Waals surface area contributed by atoms with Crippen molar-refractivity contribution in [3.05, 3.63) is 65.6 Å². The topological polar surface area (TPSA) is 111 Å². The number of benzene rings is 1. The standard InChI is InChI=1S/C22H20N4O5S/c1-29-20(27)17-15(12-32-22-25-24-19(31-22)16-8-5-11-30-16)26(14-9-10-14)21(28)23-18(17)13-6-3-2-4-7-13/h2-8,11,14,18H,9-10,12H2,1H3,(H,23,28)/t18-/m0/s1. The van der Waals surface area contributed by atoms with Crippen LogP contribution in [0.4, 0.5) is 4.79 Å². The summed E-state index contributed by atoms with van der Waals surface area (Å²) in [5.74, 6) is 0.543. The average Bonchev–Trinajstić information content (AvgIpc) is 3.29. The van der Waals surface area contributed by atoms with Crippen molar-refractivity contribution in [2.24, 2.45) is 0 Å². The highest BCUT2D eigenvalue weighted by atomic mass is 32.2. The minimum absolute atomic E-state index is 0.0587. The smallest absolute Gasteiger partial charge is 0.338 e. The molecule has 1 aliphatic heterocycles. The van der Waals surface area contributed by atoms with Gasteiger partial charge in [0.25, 0.3) is 11.1 Å². The molecule has 1 N–H and O–H groups in total. The summed E-state index contributed by atoms with van der Waals surface area (Å²) in [5, 5.41) is 11.3. The number of ether oxygens (including phenoxy) is 1. The molecule has 1 fully saturated rings. The van der Waals surface area contributed by atoms with Crippen molar-refractivity contribution in [2.45, 2.75) is 30.1 Å². The van der Waals surface area contributed by atoms with Crippen molar-refractivity contribution in [2.75, 3.05) is 12.9 Å². The number of methoxy groups -OCH3 is 1.